The largest absolute Gasteiger partial charge is 0.335 e. The molecular weight excluding hydrogens is 424 g/mol. The van der Waals surface area contributed by atoms with Gasteiger partial charge in [0.2, 0.25) is 0 Å². The van der Waals surface area contributed by atoms with E-state index in [1.807, 2.05) is 69.8 Å². The number of thiophene rings is 1. The summed E-state index contributed by atoms with van der Waals surface area (Å²) in [6.07, 6.45) is 0. The number of nitrogens with zero attached hydrogens (tertiary/aromatic N) is 3. The lowest BCUT2D eigenvalue weighted by molar-refractivity contribution is -0.132. The van der Waals surface area contributed by atoms with Gasteiger partial charge in [-0.15, -0.1) is 11.3 Å². The van der Waals surface area contributed by atoms with Gasteiger partial charge in [-0.2, -0.15) is 0 Å². The van der Waals surface area contributed by atoms with Crippen LogP contribution in [0.4, 0.5) is 4.79 Å². The summed E-state index contributed by atoms with van der Waals surface area (Å²) in [5.74, 6) is -0.214. The number of urea groups is 1. The second-order valence-corrected chi connectivity index (χ2v) is 9.29. The second-order valence-electron chi connectivity index (χ2n) is 8.34. The molecule has 2 aromatic carbocycles. The van der Waals surface area contributed by atoms with Gasteiger partial charge in [0.15, 0.2) is 0 Å². The minimum atomic E-state index is -1.12. The molecule has 0 radical (unpaired) electrons. The Morgan fingerprint density at radius 2 is 1.75 bits per heavy atom. The molecule has 1 aromatic heterocycles. The van der Waals surface area contributed by atoms with Crippen molar-refractivity contribution >= 4 is 40.0 Å². The lowest BCUT2D eigenvalue weighted by Crippen LogP contribution is -2.52. The molecule has 2 aliphatic rings. The van der Waals surface area contributed by atoms with Gasteiger partial charge in [-0.3, -0.25) is 14.5 Å². The minimum Gasteiger partial charge on any atom is -0.335 e. The number of hydrogen-bond acceptors (Lipinski definition) is 5. The Kier molecular flexibility index (Phi) is 5.19. The normalized spacial score (nSPS) is 21.9. The van der Waals surface area contributed by atoms with E-state index in [2.05, 4.69) is 5.32 Å². The summed E-state index contributed by atoms with van der Waals surface area (Å²) in [5, 5.41) is 6.80. The van der Waals surface area contributed by atoms with Crippen LogP contribution in [0.3, 0.4) is 0 Å². The summed E-state index contributed by atoms with van der Waals surface area (Å²) >= 11 is 1.44. The molecule has 0 bridgehead atoms. The molecule has 2 aliphatic heterocycles. The van der Waals surface area contributed by atoms with Crippen molar-refractivity contribution in [2.75, 3.05) is 32.8 Å². The molecule has 0 aliphatic carbocycles. The van der Waals surface area contributed by atoms with Crippen LogP contribution in [0.25, 0.3) is 10.8 Å². The van der Waals surface area contributed by atoms with Crippen molar-refractivity contribution in [1.29, 1.82) is 0 Å². The molecule has 0 saturated carbocycles. The fourth-order valence-corrected chi connectivity index (χ4v) is 5.21. The topological polar surface area (TPSA) is 73.0 Å². The highest BCUT2D eigenvalue weighted by atomic mass is 32.1. The van der Waals surface area contributed by atoms with Gasteiger partial charge in [0.05, 0.1) is 11.5 Å². The highest BCUT2D eigenvalue weighted by molar-refractivity contribution is 7.12. The summed E-state index contributed by atoms with van der Waals surface area (Å²) in [7, 11) is 0. The maximum absolute atomic E-state index is 13.4. The SMILES string of the molecule is C[C@]1(c2cccc3ccccc23)NC(=O)N(CN2CCN(C(=O)c3cccs3)CC2)C1=O. The number of rotatable bonds is 4. The van der Waals surface area contributed by atoms with Crippen LogP contribution < -0.4 is 5.32 Å². The summed E-state index contributed by atoms with van der Waals surface area (Å²) in [6.45, 7) is 4.35. The van der Waals surface area contributed by atoms with E-state index in [9.17, 15) is 14.4 Å². The third-order valence-electron chi connectivity index (χ3n) is 6.34. The first-order valence-corrected chi connectivity index (χ1v) is 11.5. The van der Waals surface area contributed by atoms with Gasteiger partial charge in [-0.25, -0.2) is 9.69 Å². The van der Waals surface area contributed by atoms with Crippen molar-refractivity contribution in [1.82, 2.24) is 20.0 Å². The first kappa shape index (κ1) is 20.7. The quantitative estimate of drug-likeness (QED) is 0.623. The molecule has 4 amide bonds. The summed E-state index contributed by atoms with van der Waals surface area (Å²) in [5.41, 5.74) is -0.322. The maximum Gasteiger partial charge on any atom is 0.326 e. The van der Waals surface area contributed by atoms with E-state index in [4.69, 9.17) is 0 Å². The van der Waals surface area contributed by atoms with Crippen LogP contribution >= 0.6 is 11.3 Å². The van der Waals surface area contributed by atoms with E-state index in [0.29, 0.717) is 26.2 Å². The van der Waals surface area contributed by atoms with Gasteiger partial charge in [-0.1, -0.05) is 48.5 Å². The van der Waals surface area contributed by atoms with E-state index in [1.165, 1.54) is 16.2 Å². The highest BCUT2D eigenvalue weighted by Crippen LogP contribution is 2.34. The maximum atomic E-state index is 13.4. The van der Waals surface area contributed by atoms with Gasteiger partial charge in [0.1, 0.15) is 5.54 Å². The van der Waals surface area contributed by atoms with Gasteiger partial charge < -0.3 is 10.2 Å². The number of carbonyl (C=O) groups excluding carboxylic acids is 3. The Balaban J connectivity index is 1.29. The van der Waals surface area contributed by atoms with E-state index in [0.717, 1.165) is 21.2 Å². The van der Waals surface area contributed by atoms with Crippen LogP contribution in [0, 0.1) is 0 Å². The highest BCUT2D eigenvalue weighted by Gasteiger charge is 2.50. The van der Waals surface area contributed by atoms with Crippen LogP contribution in [-0.2, 0) is 10.3 Å². The molecular formula is C24H24N4O3S. The Labute approximate surface area is 190 Å². The van der Waals surface area contributed by atoms with E-state index < -0.39 is 5.54 Å². The predicted molar refractivity (Wildman–Crippen MR) is 123 cm³/mol. The monoisotopic (exact) mass is 448 g/mol. The smallest absolute Gasteiger partial charge is 0.326 e. The lowest BCUT2D eigenvalue weighted by atomic mass is 9.88. The van der Waals surface area contributed by atoms with E-state index >= 15 is 0 Å². The van der Waals surface area contributed by atoms with Crippen molar-refractivity contribution in [2.45, 2.75) is 12.5 Å². The summed E-state index contributed by atoms with van der Waals surface area (Å²) in [4.78, 5) is 44.7. The molecule has 7 nitrogen and oxygen atoms in total. The third kappa shape index (κ3) is 3.45. The molecule has 8 heteroatoms. The molecule has 164 valence electrons. The number of piperazine rings is 1. The molecule has 3 aromatic rings. The molecule has 1 N–H and O–H groups in total. The number of fused-ring (bicyclic) bond motifs is 1. The fourth-order valence-electron chi connectivity index (χ4n) is 4.52. The minimum absolute atomic E-state index is 0.0400. The number of imide groups is 1. The van der Waals surface area contributed by atoms with Crippen molar-refractivity contribution < 1.29 is 14.4 Å². The second kappa shape index (κ2) is 8.03. The molecule has 0 unspecified atom stereocenters. The average Bonchev–Trinajstić information content (AvgIpc) is 3.43. The van der Waals surface area contributed by atoms with Gasteiger partial charge in [-0.05, 0) is 34.7 Å². The molecule has 3 heterocycles. The predicted octanol–water partition coefficient (Wildman–Crippen LogP) is 3.08. The number of benzene rings is 2. The first-order valence-electron chi connectivity index (χ1n) is 10.6. The van der Waals surface area contributed by atoms with Crippen molar-refractivity contribution in [3.63, 3.8) is 0 Å². The van der Waals surface area contributed by atoms with Crippen LogP contribution in [0.1, 0.15) is 22.2 Å². The number of nitrogens with one attached hydrogen (secondary N) is 1. The fraction of sp³-hybridized carbons (Fsp3) is 0.292. The van der Waals surface area contributed by atoms with Gasteiger partial charge >= 0.3 is 6.03 Å². The number of hydrogen-bond donors (Lipinski definition) is 1. The number of carbonyl (C=O) groups is 3. The third-order valence-corrected chi connectivity index (χ3v) is 7.19. The molecule has 1 atom stereocenters. The van der Waals surface area contributed by atoms with Crippen LogP contribution in [0.15, 0.2) is 60.0 Å². The molecule has 5 rings (SSSR count). The first-order chi connectivity index (χ1) is 15.5. The zero-order chi connectivity index (χ0) is 22.3. The van der Waals surface area contributed by atoms with Crippen molar-refractivity contribution in [3.05, 3.63) is 70.4 Å². The summed E-state index contributed by atoms with van der Waals surface area (Å²) in [6, 6.07) is 17.0. The van der Waals surface area contributed by atoms with E-state index in [-0.39, 0.29) is 24.5 Å². The lowest BCUT2D eigenvalue weighted by Gasteiger charge is -2.36. The van der Waals surface area contributed by atoms with E-state index in [1.54, 1.807) is 6.92 Å². The Morgan fingerprint density at radius 3 is 2.50 bits per heavy atom. The molecule has 2 saturated heterocycles. The van der Waals surface area contributed by atoms with Crippen molar-refractivity contribution in [3.8, 4) is 0 Å². The van der Waals surface area contributed by atoms with Crippen LogP contribution in [-0.4, -0.2) is 65.4 Å². The summed E-state index contributed by atoms with van der Waals surface area (Å²) < 4.78 is 0. The van der Waals surface area contributed by atoms with Crippen molar-refractivity contribution in [2.24, 2.45) is 0 Å². The average molecular weight is 449 g/mol. The van der Waals surface area contributed by atoms with Gasteiger partial charge in [0.25, 0.3) is 11.8 Å². The Morgan fingerprint density at radius 1 is 1.00 bits per heavy atom. The zero-order valence-electron chi connectivity index (χ0n) is 17.8. The number of amides is 4. The Bertz CT molecular complexity index is 1180. The standard InChI is InChI=1S/C24H24N4O3S/c1-24(19-9-4-7-17-6-2-3-8-18(17)19)22(30)28(23(31)25-24)16-26-11-13-27(14-12-26)21(29)20-10-5-15-32-20/h2-10,15H,11-14,16H2,1H3,(H,25,31)/t24-/m1/s1. The van der Waals surface area contributed by atoms with Gasteiger partial charge in [0, 0.05) is 26.2 Å². The molecule has 0 spiro atoms. The molecule has 2 fully saturated rings. The zero-order valence-corrected chi connectivity index (χ0v) is 18.6. The van der Waals surface area contributed by atoms with Crippen LogP contribution in [0.2, 0.25) is 0 Å². The molecule has 32 heavy (non-hydrogen) atoms. The van der Waals surface area contributed by atoms with Crippen LogP contribution in [0.5, 0.6) is 0 Å². The Hall–Kier alpha value is -3.23.